The van der Waals surface area contributed by atoms with Crippen molar-refractivity contribution in [1.82, 2.24) is 25.2 Å². The predicted octanol–water partition coefficient (Wildman–Crippen LogP) is 2.08. The minimum Gasteiger partial charge on any atom is -0.367 e. The van der Waals surface area contributed by atoms with Crippen molar-refractivity contribution in [1.29, 1.82) is 5.26 Å². The molecule has 1 aliphatic carbocycles. The second kappa shape index (κ2) is 6.17. The fourth-order valence-electron chi connectivity index (χ4n) is 2.92. The summed E-state index contributed by atoms with van der Waals surface area (Å²) in [7, 11) is 0. The first-order chi connectivity index (χ1) is 13.6. The molecular formula is C18H13N7O2S. The average Bonchev–Trinajstić information content (AvgIpc) is 3.08. The standard InChI is InChI=1S/C18H13N7O2S/c19-7-11-3-4-14(28-11)12-6-15(21-10-1-2-10)25-16(22-12)9(8-20-25)5-13-17(26)24-18(27)23-13/h3-6,8,10,21H,1-2H2,(H2,23,24,26,27). The smallest absolute Gasteiger partial charge is 0.326 e. The van der Waals surface area contributed by atoms with Crippen molar-refractivity contribution in [2.45, 2.75) is 18.9 Å². The van der Waals surface area contributed by atoms with Crippen molar-refractivity contribution >= 4 is 40.8 Å². The van der Waals surface area contributed by atoms with Crippen LogP contribution in [0.15, 0.2) is 30.1 Å². The number of amides is 3. The molecule has 5 rings (SSSR count). The van der Waals surface area contributed by atoms with E-state index in [1.807, 2.05) is 12.1 Å². The van der Waals surface area contributed by atoms with Gasteiger partial charge in [-0.2, -0.15) is 14.9 Å². The fraction of sp³-hybridized carbons (Fsp3) is 0.167. The molecule has 138 valence electrons. The Balaban J connectivity index is 1.65. The highest BCUT2D eigenvalue weighted by Crippen LogP contribution is 2.32. The van der Waals surface area contributed by atoms with Crippen LogP contribution in [0, 0.1) is 11.3 Å². The number of hydrogen-bond acceptors (Lipinski definition) is 7. The largest absolute Gasteiger partial charge is 0.367 e. The van der Waals surface area contributed by atoms with Crippen LogP contribution in [0.25, 0.3) is 22.3 Å². The Labute approximate surface area is 162 Å². The number of nitrogens with zero attached hydrogens (tertiary/aromatic N) is 4. The van der Waals surface area contributed by atoms with Gasteiger partial charge in [0.05, 0.1) is 16.8 Å². The molecule has 3 amide bonds. The second-order valence-electron chi connectivity index (χ2n) is 6.52. The summed E-state index contributed by atoms with van der Waals surface area (Å²) in [6.07, 6.45) is 5.35. The first-order valence-corrected chi connectivity index (χ1v) is 9.42. The van der Waals surface area contributed by atoms with Crippen molar-refractivity contribution < 1.29 is 9.59 Å². The Morgan fingerprint density at radius 3 is 2.86 bits per heavy atom. The number of carbonyl (C=O) groups is 2. The van der Waals surface area contributed by atoms with Gasteiger partial charge in [-0.25, -0.2) is 9.78 Å². The molecule has 1 saturated heterocycles. The third-order valence-electron chi connectivity index (χ3n) is 4.42. The maximum Gasteiger partial charge on any atom is 0.326 e. The zero-order chi connectivity index (χ0) is 19.3. The lowest BCUT2D eigenvalue weighted by atomic mass is 10.2. The van der Waals surface area contributed by atoms with E-state index < -0.39 is 11.9 Å². The van der Waals surface area contributed by atoms with E-state index in [1.165, 1.54) is 11.3 Å². The van der Waals surface area contributed by atoms with Gasteiger partial charge in [0.2, 0.25) is 0 Å². The van der Waals surface area contributed by atoms with Crippen molar-refractivity contribution in [3.8, 4) is 16.6 Å². The van der Waals surface area contributed by atoms with Gasteiger partial charge < -0.3 is 10.6 Å². The Kier molecular flexibility index (Phi) is 3.63. The molecule has 9 nitrogen and oxygen atoms in total. The number of anilines is 1. The maximum atomic E-state index is 11.8. The van der Waals surface area contributed by atoms with Gasteiger partial charge >= 0.3 is 6.03 Å². The van der Waals surface area contributed by atoms with E-state index >= 15 is 0 Å². The van der Waals surface area contributed by atoms with E-state index in [0.717, 1.165) is 23.5 Å². The first-order valence-electron chi connectivity index (χ1n) is 8.60. The topological polar surface area (TPSA) is 124 Å². The number of urea groups is 1. The van der Waals surface area contributed by atoms with Gasteiger partial charge in [0.25, 0.3) is 5.91 Å². The van der Waals surface area contributed by atoms with Crippen molar-refractivity contribution in [3.05, 3.63) is 40.5 Å². The average molecular weight is 391 g/mol. The van der Waals surface area contributed by atoms with Crippen LogP contribution in [0.1, 0.15) is 23.3 Å². The molecule has 3 aromatic heterocycles. The zero-order valence-corrected chi connectivity index (χ0v) is 15.2. The van der Waals surface area contributed by atoms with Crippen LogP contribution in [-0.4, -0.2) is 32.6 Å². The van der Waals surface area contributed by atoms with Crippen LogP contribution in [0.5, 0.6) is 0 Å². The van der Waals surface area contributed by atoms with Crippen LogP contribution < -0.4 is 16.0 Å². The molecule has 3 N–H and O–H groups in total. The minimum atomic E-state index is -0.555. The maximum absolute atomic E-state index is 11.8. The number of carbonyl (C=O) groups excluding carboxylic acids is 2. The van der Waals surface area contributed by atoms with Crippen LogP contribution in [0.3, 0.4) is 0 Å². The summed E-state index contributed by atoms with van der Waals surface area (Å²) >= 11 is 1.36. The molecule has 4 heterocycles. The molecule has 2 aliphatic rings. The molecule has 1 saturated carbocycles. The van der Waals surface area contributed by atoms with Crippen molar-refractivity contribution in [2.24, 2.45) is 0 Å². The molecule has 28 heavy (non-hydrogen) atoms. The van der Waals surface area contributed by atoms with Gasteiger partial charge in [0.1, 0.15) is 22.5 Å². The summed E-state index contributed by atoms with van der Waals surface area (Å²) in [5, 5.41) is 21.6. The van der Waals surface area contributed by atoms with Crippen LogP contribution in [-0.2, 0) is 4.79 Å². The number of imide groups is 1. The highest BCUT2D eigenvalue weighted by atomic mass is 32.1. The third kappa shape index (κ3) is 2.87. The highest BCUT2D eigenvalue weighted by molar-refractivity contribution is 7.15. The van der Waals surface area contributed by atoms with Gasteiger partial charge in [0, 0.05) is 17.7 Å². The summed E-state index contributed by atoms with van der Waals surface area (Å²) < 4.78 is 1.68. The third-order valence-corrected chi connectivity index (χ3v) is 5.43. The van der Waals surface area contributed by atoms with E-state index in [-0.39, 0.29) is 5.70 Å². The molecule has 0 atom stereocenters. The summed E-state index contributed by atoms with van der Waals surface area (Å²) in [5.74, 6) is 0.299. The lowest BCUT2D eigenvalue weighted by Gasteiger charge is -2.09. The van der Waals surface area contributed by atoms with E-state index in [0.29, 0.717) is 27.8 Å². The lowest BCUT2D eigenvalue weighted by molar-refractivity contribution is -0.115. The lowest BCUT2D eigenvalue weighted by Crippen LogP contribution is -2.22. The SMILES string of the molecule is N#Cc1ccc(-c2cc(NC3CC3)n3ncc(C=C4NC(=O)NC4=O)c3n2)s1. The fourth-order valence-corrected chi connectivity index (χ4v) is 3.68. The van der Waals surface area contributed by atoms with Gasteiger partial charge in [-0.1, -0.05) is 0 Å². The van der Waals surface area contributed by atoms with Crippen LogP contribution in [0.2, 0.25) is 0 Å². The minimum absolute atomic E-state index is 0.145. The summed E-state index contributed by atoms with van der Waals surface area (Å²) in [6, 6.07) is 7.52. The number of rotatable bonds is 4. The van der Waals surface area contributed by atoms with Crippen molar-refractivity contribution in [3.63, 3.8) is 0 Å². The molecule has 0 unspecified atom stereocenters. The number of thiophene rings is 1. The molecule has 0 bridgehead atoms. The summed E-state index contributed by atoms with van der Waals surface area (Å²) in [4.78, 5) is 29.4. The molecule has 0 radical (unpaired) electrons. The van der Waals surface area contributed by atoms with Crippen LogP contribution in [0.4, 0.5) is 10.6 Å². The molecule has 0 aromatic carbocycles. The predicted molar refractivity (Wildman–Crippen MR) is 102 cm³/mol. The molecular weight excluding hydrogens is 378 g/mol. The highest BCUT2D eigenvalue weighted by Gasteiger charge is 2.25. The number of nitriles is 1. The van der Waals surface area contributed by atoms with E-state index in [1.54, 1.807) is 22.9 Å². The van der Waals surface area contributed by atoms with Gasteiger partial charge in [-0.3, -0.25) is 10.1 Å². The number of hydrogen-bond donors (Lipinski definition) is 3. The van der Waals surface area contributed by atoms with Gasteiger partial charge in [0.15, 0.2) is 5.65 Å². The molecule has 2 fully saturated rings. The zero-order valence-electron chi connectivity index (χ0n) is 14.4. The summed E-state index contributed by atoms with van der Waals surface area (Å²) in [5.41, 5.74) is 2.01. The number of nitrogens with one attached hydrogen (secondary N) is 3. The van der Waals surface area contributed by atoms with Gasteiger partial charge in [-0.15, -0.1) is 11.3 Å². The molecule has 0 spiro atoms. The quantitative estimate of drug-likeness (QED) is 0.462. The van der Waals surface area contributed by atoms with E-state index in [4.69, 9.17) is 10.2 Å². The van der Waals surface area contributed by atoms with E-state index in [2.05, 4.69) is 27.1 Å². The first kappa shape index (κ1) is 16.5. The Hall–Kier alpha value is -3.71. The Bertz CT molecular complexity index is 1210. The summed E-state index contributed by atoms with van der Waals surface area (Å²) in [6.45, 7) is 0. The molecule has 1 aliphatic heterocycles. The Morgan fingerprint density at radius 2 is 2.18 bits per heavy atom. The Morgan fingerprint density at radius 1 is 1.32 bits per heavy atom. The number of fused-ring (bicyclic) bond motifs is 1. The molecule has 10 heteroatoms. The second-order valence-corrected chi connectivity index (χ2v) is 7.61. The molecule has 3 aromatic rings. The van der Waals surface area contributed by atoms with Crippen LogP contribution >= 0.6 is 11.3 Å². The van der Waals surface area contributed by atoms with Crippen molar-refractivity contribution in [2.75, 3.05) is 5.32 Å². The van der Waals surface area contributed by atoms with Gasteiger partial charge in [-0.05, 0) is 31.1 Å². The normalized spacial score (nSPS) is 17.6. The van der Waals surface area contributed by atoms with E-state index in [9.17, 15) is 9.59 Å². The number of aromatic nitrogens is 3. The monoisotopic (exact) mass is 391 g/mol.